The van der Waals surface area contributed by atoms with E-state index < -0.39 is 42.2 Å². The first-order valence-electron chi connectivity index (χ1n) is 13.4. The molecule has 9 nitrogen and oxygen atoms in total. The Kier molecular flexibility index (Phi) is 9.23. The Labute approximate surface area is 247 Å². The Morgan fingerprint density at radius 1 is 0.535 bits per heavy atom. The summed E-state index contributed by atoms with van der Waals surface area (Å²) in [5.41, 5.74) is 0.959. The summed E-state index contributed by atoms with van der Waals surface area (Å²) in [7, 11) is 0. The molecule has 0 spiro atoms. The van der Waals surface area contributed by atoms with Gasteiger partial charge in [-0.15, -0.1) is 0 Å². The zero-order valence-electron chi connectivity index (χ0n) is 22.7. The third kappa shape index (κ3) is 7.34. The number of esters is 4. The van der Waals surface area contributed by atoms with Crippen molar-refractivity contribution in [2.75, 3.05) is 6.61 Å². The molecule has 216 valence electrons. The van der Waals surface area contributed by atoms with E-state index in [0.29, 0.717) is 5.56 Å². The Morgan fingerprint density at radius 2 is 0.953 bits per heavy atom. The summed E-state index contributed by atoms with van der Waals surface area (Å²) < 4.78 is 28.5. The molecule has 0 bridgehead atoms. The second kappa shape index (κ2) is 13.8. The number of rotatable bonds is 9. The van der Waals surface area contributed by atoms with Crippen molar-refractivity contribution >= 4 is 23.9 Å². The molecule has 1 aliphatic rings. The molecule has 0 N–H and O–H groups in total. The van der Waals surface area contributed by atoms with Crippen molar-refractivity contribution in [3.63, 3.8) is 0 Å². The van der Waals surface area contributed by atoms with Crippen LogP contribution in [0.5, 0.6) is 0 Å². The van der Waals surface area contributed by atoms with E-state index in [1.54, 1.807) is 121 Å². The van der Waals surface area contributed by atoms with Crippen molar-refractivity contribution in [3.05, 3.63) is 156 Å². The standard InChI is InChI=1S/C34H26O9/c35-31(23-13-5-1-6-14-23)40-21-27-29(42-33(37)25-17-9-3-10-18-25)30(43-34(38)26-19-11-4-12-20-26)28(22-39-27)41-32(36)24-15-7-2-8-16-24/h1-20,22,27,29-30H,21H2/t27-,29-,30-/m0/s1. The van der Waals surface area contributed by atoms with Gasteiger partial charge >= 0.3 is 23.9 Å². The van der Waals surface area contributed by atoms with Crippen molar-refractivity contribution in [1.29, 1.82) is 0 Å². The maximum absolute atomic E-state index is 13.2. The molecule has 0 saturated carbocycles. The highest BCUT2D eigenvalue weighted by molar-refractivity contribution is 5.92. The van der Waals surface area contributed by atoms with Gasteiger partial charge in [-0.1, -0.05) is 72.8 Å². The molecule has 0 radical (unpaired) electrons. The van der Waals surface area contributed by atoms with Gasteiger partial charge in [0.1, 0.15) is 12.9 Å². The summed E-state index contributed by atoms with van der Waals surface area (Å²) in [6.45, 7) is -0.379. The number of carbonyl (C=O) groups is 4. The molecular formula is C34H26O9. The van der Waals surface area contributed by atoms with Gasteiger partial charge in [0, 0.05) is 0 Å². The molecule has 0 aromatic heterocycles. The van der Waals surface area contributed by atoms with Crippen LogP contribution in [0.25, 0.3) is 0 Å². The highest BCUT2D eigenvalue weighted by atomic mass is 16.6. The molecule has 43 heavy (non-hydrogen) atoms. The lowest BCUT2D eigenvalue weighted by molar-refractivity contribution is -0.115. The smallest absolute Gasteiger partial charge is 0.343 e. The summed E-state index contributed by atoms with van der Waals surface area (Å²) in [5.74, 6) is -3.13. The monoisotopic (exact) mass is 578 g/mol. The maximum atomic E-state index is 13.2. The number of carbonyl (C=O) groups excluding carboxylic acids is 4. The molecule has 0 saturated heterocycles. The molecule has 1 heterocycles. The van der Waals surface area contributed by atoms with Gasteiger partial charge in [-0.25, -0.2) is 19.2 Å². The van der Waals surface area contributed by atoms with E-state index in [1.807, 2.05) is 0 Å². The molecule has 3 atom stereocenters. The van der Waals surface area contributed by atoms with Crippen LogP contribution in [0.2, 0.25) is 0 Å². The van der Waals surface area contributed by atoms with Crippen LogP contribution in [-0.4, -0.2) is 48.8 Å². The van der Waals surface area contributed by atoms with Gasteiger partial charge in [-0.2, -0.15) is 0 Å². The third-order valence-corrected chi connectivity index (χ3v) is 6.41. The average molecular weight is 579 g/mol. The lowest BCUT2D eigenvalue weighted by Crippen LogP contribution is -2.50. The number of benzene rings is 4. The average Bonchev–Trinajstić information content (AvgIpc) is 3.07. The van der Waals surface area contributed by atoms with E-state index in [4.69, 9.17) is 23.7 Å². The van der Waals surface area contributed by atoms with Gasteiger partial charge in [0.25, 0.3) is 0 Å². The molecule has 0 amide bonds. The summed E-state index contributed by atoms with van der Waals surface area (Å²) in [4.78, 5) is 52.1. The molecule has 0 unspecified atom stereocenters. The topological polar surface area (TPSA) is 114 Å². The van der Waals surface area contributed by atoms with Crippen LogP contribution in [0.4, 0.5) is 0 Å². The quantitative estimate of drug-likeness (QED) is 0.190. The SMILES string of the molecule is O=C(OC[C@@H]1OC=C(OC(=O)c2ccccc2)[C@H](OC(=O)c2ccccc2)[C@H]1OC(=O)c1ccccc1)c1ccccc1. The van der Waals surface area contributed by atoms with Crippen LogP contribution in [0.15, 0.2) is 133 Å². The lowest BCUT2D eigenvalue weighted by Gasteiger charge is -2.35. The molecule has 4 aromatic rings. The van der Waals surface area contributed by atoms with Gasteiger partial charge in [0.2, 0.25) is 6.10 Å². The lowest BCUT2D eigenvalue weighted by atomic mass is 10.0. The number of ether oxygens (including phenoxy) is 5. The fraction of sp³-hybridized carbons (Fsp3) is 0.118. The fourth-order valence-corrected chi connectivity index (χ4v) is 4.21. The van der Waals surface area contributed by atoms with Crippen molar-refractivity contribution in [3.8, 4) is 0 Å². The van der Waals surface area contributed by atoms with Gasteiger partial charge in [0.05, 0.1) is 22.3 Å². The molecule has 4 aromatic carbocycles. The minimum atomic E-state index is -1.44. The highest BCUT2D eigenvalue weighted by Gasteiger charge is 2.45. The zero-order valence-corrected chi connectivity index (χ0v) is 22.7. The van der Waals surface area contributed by atoms with E-state index >= 15 is 0 Å². The van der Waals surface area contributed by atoms with E-state index in [2.05, 4.69) is 0 Å². The molecule has 0 aliphatic carbocycles. The van der Waals surface area contributed by atoms with Crippen molar-refractivity contribution in [2.24, 2.45) is 0 Å². The molecule has 1 aliphatic heterocycles. The minimum Gasteiger partial charge on any atom is -0.487 e. The Morgan fingerprint density at radius 3 is 1.44 bits per heavy atom. The summed E-state index contributed by atoms with van der Waals surface area (Å²) in [5, 5.41) is 0. The molecule has 0 fully saturated rings. The van der Waals surface area contributed by atoms with Crippen molar-refractivity contribution < 1.29 is 42.9 Å². The van der Waals surface area contributed by atoms with E-state index in [9.17, 15) is 19.2 Å². The fourth-order valence-electron chi connectivity index (χ4n) is 4.21. The largest absolute Gasteiger partial charge is 0.487 e. The van der Waals surface area contributed by atoms with Crippen LogP contribution in [0, 0.1) is 0 Å². The molecule has 5 rings (SSSR count). The maximum Gasteiger partial charge on any atom is 0.343 e. The Bertz CT molecular complexity index is 1590. The zero-order chi connectivity index (χ0) is 30.0. The first-order chi connectivity index (χ1) is 21.0. The highest BCUT2D eigenvalue weighted by Crippen LogP contribution is 2.29. The normalized spacial score (nSPS) is 17.4. The summed E-state index contributed by atoms with van der Waals surface area (Å²) in [6.07, 6.45) is -2.86. The Balaban J connectivity index is 1.46. The van der Waals surface area contributed by atoms with Gasteiger partial charge < -0.3 is 23.7 Å². The first kappa shape index (κ1) is 28.8. The Hall–Kier alpha value is -5.70. The summed E-state index contributed by atoms with van der Waals surface area (Å²) >= 11 is 0. The van der Waals surface area contributed by atoms with E-state index in [0.717, 1.165) is 6.26 Å². The van der Waals surface area contributed by atoms with Crippen LogP contribution in [0.1, 0.15) is 41.4 Å². The van der Waals surface area contributed by atoms with Crippen molar-refractivity contribution in [2.45, 2.75) is 18.3 Å². The minimum absolute atomic E-state index is 0.211. The van der Waals surface area contributed by atoms with Crippen molar-refractivity contribution in [1.82, 2.24) is 0 Å². The predicted octanol–water partition coefficient (Wildman–Crippen LogP) is 5.39. The van der Waals surface area contributed by atoms with Crippen LogP contribution < -0.4 is 0 Å². The number of hydrogen-bond donors (Lipinski definition) is 0. The molecular weight excluding hydrogens is 552 g/mol. The molecule has 9 heteroatoms. The van der Waals surface area contributed by atoms with Crippen LogP contribution in [-0.2, 0) is 23.7 Å². The van der Waals surface area contributed by atoms with Crippen LogP contribution >= 0.6 is 0 Å². The van der Waals surface area contributed by atoms with Gasteiger partial charge in [-0.3, -0.25) is 0 Å². The third-order valence-electron chi connectivity index (χ3n) is 6.41. The summed E-state index contributed by atoms with van der Waals surface area (Å²) in [6, 6.07) is 32.8. The van der Waals surface area contributed by atoms with Gasteiger partial charge in [-0.05, 0) is 48.5 Å². The van der Waals surface area contributed by atoms with E-state index in [-0.39, 0.29) is 29.1 Å². The number of hydrogen-bond acceptors (Lipinski definition) is 9. The second-order valence-corrected chi connectivity index (χ2v) is 9.34. The predicted molar refractivity (Wildman–Crippen MR) is 153 cm³/mol. The van der Waals surface area contributed by atoms with Crippen LogP contribution in [0.3, 0.4) is 0 Å². The first-order valence-corrected chi connectivity index (χ1v) is 13.4. The second-order valence-electron chi connectivity index (χ2n) is 9.34. The van der Waals surface area contributed by atoms with E-state index in [1.165, 1.54) is 0 Å². The van der Waals surface area contributed by atoms with Gasteiger partial charge in [0.15, 0.2) is 18.0 Å².